The zero-order valence-corrected chi connectivity index (χ0v) is 14.2. The van der Waals surface area contributed by atoms with E-state index in [4.69, 9.17) is 10.5 Å². The maximum Gasteiger partial charge on any atom is 0.263 e. The molecule has 1 aromatic carbocycles. The van der Waals surface area contributed by atoms with Crippen molar-refractivity contribution in [2.45, 2.75) is 31.3 Å². The average Bonchev–Trinajstić information content (AvgIpc) is 2.48. The number of carbonyl (C=O) groups is 1. The van der Waals surface area contributed by atoms with Crippen LogP contribution in [-0.4, -0.2) is 25.4 Å². The summed E-state index contributed by atoms with van der Waals surface area (Å²) in [5.41, 5.74) is 6.21. The molecular weight excluding hydrogens is 330 g/mol. The van der Waals surface area contributed by atoms with Gasteiger partial charge in [-0.05, 0) is 37.6 Å². The molecule has 0 unspecified atom stereocenters. The van der Waals surface area contributed by atoms with Crippen molar-refractivity contribution < 1.29 is 17.9 Å². The Morgan fingerprint density at radius 1 is 1.21 bits per heavy atom. The van der Waals surface area contributed by atoms with Crippen LogP contribution in [0.25, 0.3) is 0 Å². The molecule has 0 radical (unpaired) electrons. The van der Waals surface area contributed by atoms with Gasteiger partial charge in [0.15, 0.2) is 0 Å². The van der Waals surface area contributed by atoms with Crippen molar-refractivity contribution in [1.82, 2.24) is 4.98 Å². The molecule has 0 saturated carbocycles. The Labute approximate surface area is 140 Å². The largest absolute Gasteiger partial charge is 0.475 e. The lowest BCUT2D eigenvalue weighted by Crippen LogP contribution is -2.15. The molecule has 0 fully saturated rings. The number of aromatic nitrogens is 1. The Morgan fingerprint density at radius 3 is 2.38 bits per heavy atom. The van der Waals surface area contributed by atoms with Crippen LogP contribution >= 0.6 is 0 Å². The maximum atomic E-state index is 12.3. The molecule has 3 N–H and O–H groups in total. The highest BCUT2D eigenvalue weighted by atomic mass is 32.2. The Kier molecular flexibility index (Phi) is 5.40. The molecule has 0 aliphatic carbocycles. The first-order chi connectivity index (χ1) is 11.3. The van der Waals surface area contributed by atoms with Gasteiger partial charge in [0.25, 0.3) is 10.0 Å². The fraction of sp³-hybridized carbons (Fsp3) is 0.250. The van der Waals surface area contributed by atoms with Crippen LogP contribution in [0.3, 0.4) is 0 Å². The predicted octanol–water partition coefficient (Wildman–Crippen LogP) is 1.70. The molecule has 0 bridgehead atoms. The minimum Gasteiger partial charge on any atom is -0.475 e. The second kappa shape index (κ2) is 7.31. The molecule has 0 saturated heterocycles. The van der Waals surface area contributed by atoms with E-state index in [0.29, 0.717) is 17.1 Å². The number of nitrogens with zero attached hydrogens (tertiary/aromatic N) is 1. The summed E-state index contributed by atoms with van der Waals surface area (Å²) in [5, 5.41) is 0. The summed E-state index contributed by atoms with van der Waals surface area (Å²) < 4.78 is 32.5. The molecule has 0 aliphatic rings. The quantitative estimate of drug-likeness (QED) is 0.790. The van der Waals surface area contributed by atoms with Crippen molar-refractivity contribution in [3.8, 4) is 5.88 Å². The first-order valence-electron chi connectivity index (χ1n) is 7.29. The third-order valence-electron chi connectivity index (χ3n) is 2.96. The molecule has 24 heavy (non-hydrogen) atoms. The highest BCUT2D eigenvalue weighted by molar-refractivity contribution is 7.92. The number of amides is 1. The van der Waals surface area contributed by atoms with Crippen LogP contribution in [0.15, 0.2) is 47.5 Å². The standard InChI is InChI=1S/C16H19N3O4S/c1-11(2)23-16-8-7-14(10-18-16)24(21,22)19-13-5-3-12(4-6-13)9-15(17)20/h3-8,10-11,19H,9H2,1-2H3,(H2,17,20). The van der Waals surface area contributed by atoms with E-state index in [1.54, 1.807) is 24.3 Å². The molecule has 0 spiro atoms. The van der Waals surface area contributed by atoms with Gasteiger partial charge >= 0.3 is 0 Å². The number of primary amides is 1. The summed E-state index contributed by atoms with van der Waals surface area (Å²) in [4.78, 5) is 14.9. The van der Waals surface area contributed by atoms with Crippen molar-refractivity contribution in [2.24, 2.45) is 5.73 Å². The molecule has 0 atom stereocenters. The monoisotopic (exact) mass is 349 g/mol. The van der Waals surface area contributed by atoms with Gasteiger partial charge in [0.05, 0.1) is 18.7 Å². The molecule has 8 heteroatoms. The number of sulfonamides is 1. The van der Waals surface area contributed by atoms with E-state index in [0.717, 1.165) is 0 Å². The molecule has 1 aromatic heterocycles. The molecular formula is C16H19N3O4S. The minimum atomic E-state index is -3.75. The van der Waals surface area contributed by atoms with Crippen LogP contribution in [0.5, 0.6) is 5.88 Å². The van der Waals surface area contributed by atoms with Crippen LogP contribution in [0.4, 0.5) is 5.69 Å². The normalized spacial score (nSPS) is 11.3. The molecule has 1 amide bonds. The van der Waals surface area contributed by atoms with Gasteiger partial charge in [-0.1, -0.05) is 12.1 Å². The number of benzene rings is 1. The van der Waals surface area contributed by atoms with E-state index < -0.39 is 15.9 Å². The Hall–Kier alpha value is -2.61. The van der Waals surface area contributed by atoms with Gasteiger partial charge in [-0.25, -0.2) is 13.4 Å². The van der Waals surface area contributed by atoms with E-state index in [-0.39, 0.29) is 17.4 Å². The lowest BCUT2D eigenvalue weighted by molar-refractivity contribution is -0.117. The molecule has 128 valence electrons. The summed E-state index contributed by atoms with van der Waals surface area (Å²) in [6.45, 7) is 3.71. The smallest absolute Gasteiger partial charge is 0.263 e. The summed E-state index contributed by atoms with van der Waals surface area (Å²) in [5.74, 6) is -0.0853. The van der Waals surface area contributed by atoms with Gasteiger partial charge < -0.3 is 10.5 Å². The Morgan fingerprint density at radius 2 is 1.88 bits per heavy atom. The molecule has 2 rings (SSSR count). The van der Waals surface area contributed by atoms with E-state index in [2.05, 4.69) is 9.71 Å². The summed E-state index contributed by atoms with van der Waals surface area (Å²) in [6.07, 6.45) is 1.30. The summed E-state index contributed by atoms with van der Waals surface area (Å²) >= 11 is 0. The minimum absolute atomic E-state index is 0.0276. The van der Waals surface area contributed by atoms with Crippen LogP contribution < -0.4 is 15.2 Å². The number of rotatable bonds is 7. The van der Waals surface area contributed by atoms with Crippen molar-refractivity contribution in [2.75, 3.05) is 4.72 Å². The van der Waals surface area contributed by atoms with Gasteiger partial charge in [-0.15, -0.1) is 0 Å². The van der Waals surface area contributed by atoms with E-state index in [1.165, 1.54) is 18.3 Å². The van der Waals surface area contributed by atoms with Gasteiger partial charge in [-0.2, -0.15) is 0 Å². The van der Waals surface area contributed by atoms with Crippen molar-refractivity contribution in [1.29, 1.82) is 0 Å². The molecule has 7 nitrogen and oxygen atoms in total. The lowest BCUT2D eigenvalue weighted by Gasteiger charge is -2.10. The van der Waals surface area contributed by atoms with Crippen LogP contribution in [-0.2, 0) is 21.2 Å². The van der Waals surface area contributed by atoms with Crippen LogP contribution in [0, 0.1) is 0 Å². The van der Waals surface area contributed by atoms with Gasteiger partial charge in [0, 0.05) is 11.8 Å². The number of nitrogens with one attached hydrogen (secondary N) is 1. The lowest BCUT2D eigenvalue weighted by atomic mass is 10.1. The fourth-order valence-electron chi connectivity index (χ4n) is 1.94. The summed E-state index contributed by atoms with van der Waals surface area (Å²) in [6, 6.07) is 9.35. The average molecular weight is 349 g/mol. The van der Waals surface area contributed by atoms with Gasteiger partial charge in [0.1, 0.15) is 4.90 Å². The second-order valence-electron chi connectivity index (χ2n) is 5.44. The number of nitrogens with two attached hydrogens (primary N) is 1. The number of hydrogen-bond acceptors (Lipinski definition) is 5. The van der Waals surface area contributed by atoms with Gasteiger partial charge in [-0.3, -0.25) is 9.52 Å². The third kappa shape index (κ3) is 4.95. The number of ether oxygens (including phenoxy) is 1. The number of carbonyl (C=O) groups excluding carboxylic acids is 1. The van der Waals surface area contributed by atoms with Crippen molar-refractivity contribution in [3.05, 3.63) is 48.2 Å². The molecule has 2 aromatic rings. The number of pyridine rings is 1. The zero-order valence-electron chi connectivity index (χ0n) is 13.4. The Bertz CT molecular complexity index is 800. The third-order valence-corrected chi connectivity index (χ3v) is 4.33. The number of anilines is 1. The van der Waals surface area contributed by atoms with Crippen LogP contribution in [0.1, 0.15) is 19.4 Å². The van der Waals surface area contributed by atoms with E-state index in [1.807, 2.05) is 13.8 Å². The second-order valence-corrected chi connectivity index (χ2v) is 7.13. The highest BCUT2D eigenvalue weighted by Crippen LogP contribution is 2.18. The van der Waals surface area contributed by atoms with Gasteiger partial charge in [0.2, 0.25) is 11.8 Å². The van der Waals surface area contributed by atoms with Crippen LogP contribution in [0.2, 0.25) is 0 Å². The SMILES string of the molecule is CC(C)Oc1ccc(S(=O)(=O)Nc2ccc(CC(N)=O)cc2)cn1. The van der Waals surface area contributed by atoms with Crippen molar-refractivity contribution >= 4 is 21.6 Å². The number of hydrogen-bond donors (Lipinski definition) is 2. The first-order valence-corrected chi connectivity index (χ1v) is 8.77. The molecule has 0 aliphatic heterocycles. The topological polar surface area (TPSA) is 111 Å². The van der Waals surface area contributed by atoms with Crippen molar-refractivity contribution in [3.63, 3.8) is 0 Å². The van der Waals surface area contributed by atoms with E-state index >= 15 is 0 Å². The molecule has 1 heterocycles. The first kappa shape index (κ1) is 17.7. The fourth-order valence-corrected chi connectivity index (χ4v) is 2.95. The summed E-state index contributed by atoms with van der Waals surface area (Å²) in [7, 11) is -3.75. The predicted molar refractivity (Wildman–Crippen MR) is 90.1 cm³/mol. The zero-order chi connectivity index (χ0) is 17.7. The Balaban J connectivity index is 2.11. The highest BCUT2D eigenvalue weighted by Gasteiger charge is 2.15. The van der Waals surface area contributed by atoms with E-state index in [9.17, 15) is 13.2 Å². The maximum absolute atomic E-state index is 12.3.